The zero-order valence-electron chi connectivity index (χ0n) is 20.9. The first-order valence-corrected chi connectivity index (χ1v) is 12.8. The van der Waals surface area contributed by atoms with Crippen molar-refractivity contribution in [2.75, 3.05) is 18.9 Å². The highest BCUT2D eigenvalue weighted by Crippen LogP contribution is 2.37. The number of rotatable bonds is 9. The number of nitrogens with one attached hydrogen (secondary N) is 1. The van der Waals surface area contributed by atoms with Gasteiger partial charge in [-0.15, -0.1) is 10.2 Å². The van der Waals surface area contributed by atoms with Crippen molar-refractivity contribution in [3.63, 3.8) is 0 Å². The zero-order valence-corrected chi connectivity index (χ0v) is 21.8. The third-order valence-electron chi connectivity index (χ3n) is 5.64. The lowest BCUT2D eigenvalue weighted by Gasteiger charge is -2.20. The average molecular weight is 526 g/mol. The number of benzene rings is 1. The lowest BCUT2D eigenvalue weighted by molar-refractivity contribution is 0.166. The molecule has 3 heterocycles. The lowest BCUT2D eigenvalue weighted by Crippen LogP contribution is -2.32. The van der Waals surface area contributed by atoms with Crippen LogP contribution < -0.4 is 14.2 Å². The fourth-order valence-electron chi connectivity index (χ4n) is 3.60. The van der Waals surface area contributed by atoms with Crippen molar-refractivity contribution in [1.29, 1.82) is 0 Å². The van der Waals surface area contributed by atoms with Crippen LogP contribution in [0.3, 0.4) is 0 Å². The number of aliphatic hydroxyl groups excluding tert-OH is 1. The van der Waals surface area contributed by atoms with E-state index in [2.05, 4.69) is 29.9 Å². The van der Waals surface area contributed by atoms with Gasteiger partial charge in [0, 0.05) is 18.1 Å². The Balaban J connectivity index is 1.83. The number of aryl methyl sites for hydroxylation is 2. The van der Waals surface area contributed by atoms with Crippen molar-refractivity contribution in [3.8, 4) is 28.7 Å². The number of anilines is 1. The summed E-state index contributed by atoms with van der Waals surface area (Å²) in [6, 6.07) is 10.5. The molecule has 194 valence electrons. The normalized spacial score (nSPS) is 13.1. The number of aromatic nitrogens is 6. The second-order valence-corrected chi connectivity index (χ2v) is 10.3. The van der Waals surface area contributed by atoms with E-state index in [0.717, 1.165) is 11.3 Å². The first kappa shape index (κ1) is 26.0. The summed E-state index contributed by atoms with van der Waals surface area (Å²) in [6.45, 7) is 4.97. The number of methoxy groups -OCH3 is 2. The summed E-state index contributed by atoms with van der Waals surface area (Å²) >= 11 is 0. The molecule has 0 saturated heterocycles. The monoisotopic (exact) mass is 525 g/mol. The van der Waals surface area contributed by atoms with Gasteiger partial charge in [-0.25, -0.2) is 23.4 Å². The molecule has 0 amide bonds. The van der Waals surface area contributed by atoms with Gasteiger partial charge in [-0.2, -0.15) is 0 Å². The minimum Gasteiger partial charge on any atom is -0.494 e. The predicted octanol–water partition coefficient (Wildman–Crippen LogP) is 2.62. The van der Waals surface area contributed by atoms with Crippen LogP contribution in [0.15, 0.2) is 48.8 Å². The van der Waals surface area contributed by atoms with Gasteiger partial charge in [0.1, 0.15) is 34.2 Å². The van der Waals surface area contributed by atoms with Crippen LogP contribution >= 0.6 is 0 Å². The molecule has 37 heavy (non-hydrogen) atoms. The molecule has 0 bridgehead atoms. The lowest BCUT2D eigenvalue weighted by atomic mass is 10.2. The maximum atomic E-state index is 13.4. The van der Waals surface area contributed by atoms with E-state index in [1.165, 1.54) is 38.1 Å². The maximum Gasteiger partial charge on any atom is 0.243 e. The van der Waals surface area contributed by atoms with Gasteiger partial charge >= 0.3 is 0 Å². The maximum absolute atomic E-state index is 13.4. The number of ether oxygens (including phenoxy) is 2. The number of hydrogen-bond acceptors (Lipinski definition) is 10. The fraction of sp³-hybridized carbons (Fsp3) is 0.292. The van der Waals surface area contributed by atoms with E-state index < -0.39 is 21.4 Å². The molecule has 2 atom stereocenters. The number of pyridine rings is 1. The molecular weight excluding hydrogens is 498 g/mol. The number of aliphatic hydroxyl groups is 1. The Bertz CT molecular complexity index is 1480. The largest absolute Gasteiger partial charge is 0.494 e. The van der Waals surface area contributed by atoms with Crippen LogP contribution in [0.1, 0.15) is 30.1 Å². The van der Waals surface area contributed by atoms with Gasteiger partial charge in [0.15, 0.2) is 11.6 Å². The Morgan fingerprint density at radius 3 is 2.19 bits per heavy atom. The van der Waals surface area contributed by atoms with Crippen LogP contribution in [0.4, 0.5) is 5.95 Å². The van der Waals surface area contributed by atoms with Gasteiger partial charge in [0.25, 0.3) is 0 Å². The molecule has 12 nitrogen and oxygen atoms in total. The second-order valence-electron chi connectivity index (χ2n) is 8.27. The van der Waals surface area contributed by atoms with E-state index in [-0.39, 0.29) is 17.6 Å². The molecule has 0 saturated carbocycles. The molecular formula is C24H27N7O5S. The first-order valence-electron chi connectivity index (χ1n) is 11.2. The molecule has 0 fully saturated rings. The Morgan fingerprint density at radius 2 is 1.59 bits per heavy atom. The molecule has 0 aliphatic rings. The average Bonchev–Trinajstić information content (AvgIpc) is 3.29. The highest BCUT2D eigenvalue weighted by atomic mass is 32.2. The quantitative estimate of drug-likeness (QED) is 0.333. The topological polar surface area (TPSA) is 154 Å². The molecule has 0 unspecified atom stereocenters. The Morgan fingerprint density at radius 1 is 0.973 bits per heavy atom. The molecule has 4 aromatic rings. The molecule has 0 aliphatic carbocycles. The van der Waals surface area contributed by atoms with Crippen molar-refractivity contribution in [1.82, 2.24) is 29.7 Å². The molecule has 0 aliphatic heterocycles. The van der Waals surface area contributed by atoms with Crippen molar-refractivity contribution >= 4 is 16.0 Å². The van der Waals surface area contributed by atoms with Gasteiger partial charge in [0.2, 0.25) is 16.0 Å². The van der Waals surface area contributed by atoms with Gasteiger partial charge < -0.3 is 14.6 Å². The minimum absolute atomic E-state index is 0.0130. The highest BCUT2D eigenvalue weighted by Gasteiger charge is 2.34. The summed E-state index contributed by atoms with van der Waals surface area (Å²) in [7, 11) is -1.26. The summed E-state index contributed by atoms with van der Waals surface area (Å²) in [4.78, 5) is 12.6. The molecule has 0 radical (unpaired) electrons. The summed E-state index contributed by atoms with van der Waals surface area (Å²) in [6.07, 6.45) is 1.52. The van der Waals surface area contributed by atoms with Gasteiger partial charge in [-0.1, -0.05) is 12.1 Å². The summed E-state index contributed by atoms with van der Waals surface area (Å²) in [5.41, 5.74) is 2.33. The molecule has 0 spiro atoms. The summed E-state index contributed by atoms with van der Waals surface area (Å²) in [5, 5.41) is 17.7. The molecule has 4 rings (SSSR count). The third kappa shape index (κ3) is 5.22. The highest BCUT2D eigenvalue weighted by molar-refractivity contribution is 7.93. The Kier molecular flexibility index (Phi) is 7.36. The van der Waals surface area contributed by atoms with Crippen LogP contribution in [0.5, 0.6) is 11.5 Å². The van der Waals surface area contributed by atoms with Crippen LogP contribution in [-0.2, 0) is 10.0 Å². The van der Waals surface area contributed by atoms with Gasteiger partial charge in [-0.3, -0.25) is 9.29 Å². The van der Waals surface area contributed by atoms with Crippen molar-refractivity contribution < 1.29 is 23.0 Å². The Hall–Kier alpha value is -4.10. The van der Waals surface area contributed by atoms with E-state index >= 15 is 0 Å². The number of para-hydroxylation sites is 1. The summed E-state index contributed by atoms with van der Waals surface area (Å²) in [5.74, 6) is 0.856. The van der Waals surface area contributed by atoms with Crippen molar-refractivity contribution in [2.24, 2.45) is 0 Å². The van der Waals surface area contributed by atoms with Crippen LogP contribution in [-0.4, -0.2) is 62.7 Å². The molecule has 1 aromatic carbocycles. The fourth-order valence-corrected chi connectivity index (χ4v) is 4.64. The minimum atomic E-state index is -4.22. The third-order valence-corrected chi connectivity index (χ3v) is 7.34. The van der Waals surface area contributed by atoms with Gasteiger partial charge in [-0.05, 0) is 50.6 Å². The van der Waals surface area contributed by atoms with Crippen LogP contribution in [0.2, 0.25) is 0 Å². The van der Waals surface area contributed by atoms with E-state index in [1.807, 2.05) is 13.0 Å². The van der Waals surface area contributed by atoms with Crippen molar-refractivity contribution in [2.45, 2.75) is 32.1 Å². The number of sulfonamides is 1. The standard InChI is InChI=1S/C24H27N7O5S/c1-14-12-25-22(26-13-14)21(32)16(3)37(33,34)30-24-29-28-23(17-9-6-8-15(2)27-17)31(24)20-18(35-4)10-7-11-19(20)36-5/h6-13,16,21,32H,1-5H3,(H,29,30)/t16-,21-/m0/s1. The van der Waals surface area contributed by atoms with Crippen LogP contribution in [0, 0.1) is 13.8 Å². The number of hydrogen-bond donors (Lipinski definition) is 2. The molecule has 2 N–H and O–H groups in total. The van der Waals surface area contributed by atoms with E-state index in [1.54, 1.807) is 37.3 Å². The SMILES string of the molecule is COc1cccc(OC)c1-n1c(NS(=O)(=O)[C@@H](C)[C@H](O)c2ncc(C)cn2)nnc1-c1cccc(C)n1. The second kappa shape index (κ2) is 10.5. The number of nitrogens with zero attached hydrogens (tertiary/aromatic N) is 6. The van der Waals surface area contributed by atoms with Gasteiger partial charge in [0.05, 0.1) is 14.2 Å². The first-order chi connectivity index (χ1) is 17.7. The van der Waals surface area contributed by atoms with Crippen LogP contribution in [0.25, 0.3) is 17.2 Å². The molecule has 3 aromatic heterocycles. The van der Waals surface area contributed by atoms with E-state index in [0.29, 0.717) is 22.9 Å². The smallest absolute Gasteiger partial charge is 0.243 e. The predicted molar refractivity (Wildman–Crippen MR) is 136 cm³/mol. The van der Waals surface area contributed by atoms with E-state index in [9.17, 15) is 13.5 Å². The van der Waals surface area contributed by atoms with Crippen molar-refractivity contribution in [3.05, 3.63) is 65.9 Å². The van der Waals surface area contributed by atoms with E-state index in [4.69, 9.17) is 9.47 Å². The summed E-state index contributed by atoms with van der Waals surface area (Å²) < 4.78 is 41.8. The zero-order chi connectivity index (χ0) is 26.7. The molecule has 13 heteroatoms. The Labute approximate surface area is 214 Å².